The molecular formula is C17H19FN2O4S. The Morgan fingerprint density at radius 2 is 1.92 bits per heavy atom. The van der Waals surface area contributed by atoms with E-state index in [0.717, 1.165) is 4.31 Å². The molecule has 0 aliphatic rings. The molecule has 0 saturated heterocycles. The number of halogens is 1. The molecule has 2 aromatic carbocycles. The molecule has 0 bridgehead atoms. The topological polar surface area (TPSA) is 86.7 Å². The number of aryl methyl sites for hydroxylation is 1. The van der Waals surface area contributed by atoms with Gasteiger partial charge in [0, 0.05) is 20.5 Å². The fourth-order valence-corrected chi connectivity index (χ4v) is 3.08. The Labute approximate surface area is 146 Å². The number of hydrogen-bond donors (Lipinski definition) is 2. The second-order valence-electron chi connectivity index (χ2n) is 5.64. The fourth-order valence-electron chi connectivity index (χ4n) is 2.15. The number of phenols is 1. The maximum atomic E-state index is 13.1. The molecule has 0 radical (unpaired) electrons. The lowest BCUT2D eigenvalue weighted by Gasteiger charge is -2.13. The highest BCUT2D eigenvalue weighted by Crippen LogP contribution is 2.27. The minimum atomic E-state index is -3.68. The maximum absolute atomic E-state index is 13.1. The van der Waals surface area contributed by atoms with Crippen LogP contribution in [-0.2, 0) is 21.2 Å². The van der Waals surface area contributed by atoms with E-state index < -0.39 is 15.9 Å². The third-order valence-electron chi connectivity index (χ3n) is 3.55. The standard InChI is InChI=1S/C17H19FN2O4S/c1-20(2)25(23,24)14-7-8-16(21)15(11-14)19-17(22)9-6-12-4-3-5-13(18)10-12/h3-5,7-8,10-11,21H,6,9H2,1-2H3,(H,19,22). The SMILES string of the molecule is CN(C)S(=O)(=O)c1ccc(O)c(NC(=O)CCc2cccc(F)c2)c1. The maximum Gasteiger partial charge on any atom is 0.242 e. The van der Waals surface area contributed by atoms with E-state index >= 15 is 0 Å². The third-order valence-corrected chi connectivity index (χ3v) is 5.36. The van der Waals surface area contributed by atoms with Crippen molar-refractivity contribution < 1.29 is 22.7 Å². The minimum absolute atomic E-state index is 0.00664. The van der Waals surface area contributed by atoms with Crippen LogP contribution in [0.4, 0.5) is 10.1 Å². The molecule has 2 rings (SSSR count). The van der Waals surface area contributed by atoms with E-state index in [9.17, 15) is 22.7 Å². The molecule has 0 atom stereocenters. The minimum Gasteiger partial charge on any atom is -0.506 e. The Bertz CT molecular complexity index is 882. The zero-order valence-corrected chi connectivity index (χ0v) is 14.7. The first-order chi connectivity index (χ1) is 11.7. The second kappa shape index (κ2) is 7.62. The molecule has 2 N–H and O–H groups in total. The molecule has 0 spiro atoms. The van der Waals surface area contributed by atoms with Crippen molar-refractivity contribution >= 4 is 21.6 Å². The van der Waals surface area contributed by atoms with Gasteiger partial charge in [-0.2, -0.15) is 0 Å². The summed E-state index contributed by atoms with van der Waals surface area (Å²) in [5, 5.41) is 12.3. The van der Waals surface area contributed by atoms with E-state index in [1.807, 2.05) is 0 Å². The number of carbonyl (C=O) groups excluding carboxylic acids is 1. The van der Waals surface area contributed by atoms with Gasteiger partial charge in [0.2, 0.25) is 15.9 Å². The van der Waals surface area contributed by atoms with Gasteiger partial charge in [0.05, 0.1) is 10.6 Å². The Morgan fingerprint density at radius 3 is 2.56 bits per heavy atom. The number of anilines is 1. The fraction of sp³-hybridized carbons (Fsp3) is 0.235. The summed E-state index contributed by atoms with van der Waals surface area (Å²) in [7, 11) is -0.906. The summed E-state index contributed by atoms with van der Waals surface area (Å²) < 4.78 is 38.4. The number of nitrogens with zero attached hydrogens (tertiary/aromatic N) is 1. The van der Waals surface area contributed by atoms with E-state index in [0.29, 0.717) is 12.0 Å². The van der Waals surface area contributed by atoms with Gasteiger partial charge in [-0.1, -0.05) is 12.1 Å². The zero-order chi connectivity index (χ0) is 18.6. The number of aromatic hydroxyl groups is 1. The molecule has 0 fully saturated rings. The Balaban J connectivity index is 2.10. The predicted molar refractivity (Wildman–Crippen MR) is 92.3 cm³/mol. The first-order valence-corrected chi connectivity index (χ1v) is 8.94. The number of carbonyl (C=O) groups is 1. The van der Waals surface area contributed by atoms with E-state index in [1.54, 1.807) is 12.1 Å². The van der Waals surface area contributed by atoms with Crippen molar-refractivity contribution in [2.24, 2.45) is 0 Å². The molecule has 0 aliphatic heterocycles. The average Bonchev–Trinajstić information content (AvgIpc) is 2.55. The Morgan fingerprint density at radius 1 is 1.20 bits per heavy atom. The predicted octanol–water partition coefficient (Wildman–Crippen LogP) is 2.35. The number of sulfonamides is 1. The molecule has 2 aromatic rings. The Hall–Kier alpha value is -2.45. The van der Waals surface area contributed by atoms with Gasteiger partial charge >= 0.3 is 0 Å². The number of benzene rings is 2. The van der Waals surface area contributed by atoms with Crippen LogP contribution in [0.2, 0.25) is 0 Å². The normalized spacial score (nSPS) is 11.5. The molecular weight excluding hydrogens is 347 g/mol. The number of hydrogen-bond acceptors (Lipinski definition) is 4. The average molecular weight is 366 g/mol. The zero-order valence-electron chi connectivity index (χ0n) is 13.9. The van der Waals surface area contributed by atoms with Crippen LogP contribution in [0, 0.1) is 5.82 Å². The lowest BCUT2D eigenvalue weighted by atomic mass is 10.1. The summed E-state index contributed by atoms with van der Waals surface area (Å²) in [5.41, 5.74) is 0.676. The molecule has 25 heavy (non-hydrogen) atoms. The van der Waals surface area contributed by atoms with Crippen molar-refractivity contribution in [3.8, 4) is 5.75 Å². The quantitative estimate of drug-likeness (QED) is 0.769. The molecule has 134 valence electrons. The van der Waals surface area contributed by atoms with E-state index in [1.165, 1.54) is 44.4 Å². The van der Waals surface area contributed by atoms with Crippen LogP contribution in [0.5, 0.6) is 5.75 Å². The number of nitrogens with one attached hydrogen (secondary N) is 1. The van der Waals surface area contributed by atoms with Gasteiger partial charge in [-0.05, 0) is 42.3 Å². The molecule has 0 unspecified atom stereocenters. The number of rotatable bonds is 6. The molecule has 0 heterocycles. The monoisotopic (exact) mass is 366 g/mol. The lowest BCUT2D eigenvalue weighted by molar-refractivity contribution is -0.116. The summed E-state index contributed by atoms with van der Waals surface area (Å²) in [6, 6.07) is 9.59. The van der Waals surface area contributed by atoms with Crippen LogP contribution in [-0.4, -0.2) is 37.8 Å². The van der Waals surface area contributed by atoms with Crippen LogP contribution in [0.3, 0.4) is 0 Å². The molecule has 0 aliphatic carbocycles. The van der Waals surface area contributed by atoms with Gasteiger partial charge in [0.25, 0.3) is 0 Å². The van der Waals surface area contributed by atoms with Crippen molar-refractivity contribution in [2.75, 3.05) is 19.4 Å². The summed E-state index contributed by atoms with van der Waals surface area (Å²) >= 11 is 0. The largest absolute Gasteiger partial charge is 0.506 e. The van der Waals surface area contributed by atoms with Crippen molar-refractivity contribution in [3.63, 3.8) is 0 Å². The van der Waals surface area contributed by atoms with Gasteiger partial charge < -0.3 is 10.4 Å². The van der Waals surface area contributed by atoms with Crippen LogP contribution in [0.15, 0.2) is 47.4 Å². The smallest absolute Gasteiger partial charge is 0.242 e. The molecule has 1 amide bonds. The summed E-state index contributed by atoms with van der Waals surface area (Å²) in [6.45, 7) is 0. The van der Waals surface area contributed by atoms with Gasteiger partial charge in [-0.25, -0.2) is 17.1 Å². The van der Waals surface area contributed by atoms with Crippen LogP contribution in [0.1, 0.15) is 12.0 Å². The van der Waals surface area contributed by atoms with Crippen molar-refractivity contribution in [3.05, 3.63) is 53.8 Å². The van der Waals surface area contributed by atoms with Gasteiger partial charge in [0.15, 0.2) is 0 Å². The van der Waals surface area contributed by atoms with Crippen LogP contribution in [0.25, 0.3) is 0 Å². The van der Waals surface area contributed by atoms with Crippen molar-refractivity contribution in [2.45, 2.75) is 17.7 Å². The number of phenolic OH excluding ortho intramolecular Hbond substituents is 1. The molecule has 6 nitrogen and oxygen atoms in total. The summed E-state index contributed by atoms with van der Waals surface area (Å²) in [5.74, 6) is -1.03. The molecule has 8 heteroatoms. The highest BCUT2D eigenvalue weighted by Gasteiger charge is 2.19. The van der Waals surface area contributed by atoms with Crippen molar-refractivity contribution in [1.82, 2.24) is 4.31 Å². The van der Waals surface area contributed by atoms with Gasteiger partial charge in [0.1, 0.15) is 11.6 Å². The summed E-state index contributed by atoms with van der Waals surface area (Å²) in [6.07, 6.45) is 0.383. The highest BCUT2D eigenvalue weighted by atomic mass is 32.2. The first kappa shape index (κ1) is 18.9. The number of amides is 1. The van der Waals surface area contributed by atoms with E-state index in [4.69, 9.17) is 0 Å². The van der Waals surface area contributed by atoms with Crippen molar-refractivity contribution in [1.29, 1.82) is 0 Å². The van der Waals surface area contributed by atoms with Crippen LogP contribution < -0.4 is 5.32 Å². The van der Waals surface area contributed by atoms with Crippen LogP contribution >= 0.6 is 0 Å². The molecule has 0 aromatic heterocycles. The highest BCUT2D eigenvalue weighted by molar-refractivity contribution is 7.89. The molecule has 0 saturated carbocycles. The Kier molecular flexibility index (Phi) is 5.76. The van der Waals surface area contributed by atoms with Gasteiger partial charge in [-0.3, -0.25) is 4.79 Å². The van der Waals surface area contributed by atoms with Gasteiger partial charge in [-0.15, -0.1) is 0 Å². The first-order valence-electron chi connectivity index (χ1n) is 7.50. The van der Waals surface area contributed by atoms with E-state index in [2.05, 4.69) is 5.32 Å². The summed E-state index contributed by atoms with van der Waals surface area (Å²) in [4.78, 5) is 12.0. The van der Waals surface area contributed by atoms with E-state index in [-0.39, 0.29) is 28.6 Å². The third kappa shape index (κ3) is 4.77. The lowest BCUT2D eigenvalue weighted by Crippen LogP contribution is -2.22. The second-order valence-corrected chi connectivity index (χ2v) is 7.80.